The molecular weight excluding hydrogens is 320 g/mol. The van der Waals surface area contributed by atoms with E-state index in [0.717, 1.165) is 17.1 Å². The minimum absolute atomic E-state index is 0.0167. The lowest BCUT2D eigenvalue weighted by Crippen LogP contribution is -2.36. The molecule has 3 nitrogen and oxygen atoms in total. The lowest BCUT2D eigenvalue weighted by Gasteiger charge is -2.28. The highest BCUT2D eigenvalue weighted by Gasteiger charge is 2.38. The number of carbonyl (C=O) groups is 1. The van der Waals surface area contributed by atoms with Crippen LogP contribution >= 0.6 is 11.3 Å². The molecule has 3 rings (SSSR count). The number of aliphatic hydroxyl groups is 1. The van der Waals surface area contributed by atoms with Crippen molar-refractivity contribution < 1.29 is 14.6 Å². The van der Waals surface area contributed by atoms with Crippen LogP contribution in [0.5, 0.6) is 0 Å². The monoisotopic (exact) mass is 341 g/mol. The van der Waals surface area contributed by atoms with Gasteiger partial charge in [0.25, 0.3) is 0 Å². The Morgan fingerprint density at radius 3 is 2.17 bits per heavy atom. The molecule has 24 heavy (non-hydrogen) atoms. The SMILES string of the molecule is CC1=CC(C=C2C(=O)C(=Cc3cc(C)[s+]c(C)c3)C2O)C=C(C)O1. The molecule has 0 bridgehead atoms. The van der Waals surface area contributed by atoms with Gasteiger partial charge < -0.3 is 9.84 Å². The Morgan fingerprint density at radius 2 is 1.62 bits per heavy atom. The van der Waals surface area contributed by atoms with E-state index in [0.29, 0.717) is 11.1 Å². The van der Waals surface area contributed by atoms with E-state index >= 15 is 0 Å². The lowest BCUT2D eigenvalue weighted by atomic mass is 9.78. The predicted octanol–water partition coefficient (Wildman–Crippen LogP) is 4.35. The van der Waals surface area contributed by atoms with Gasteiger partial charge in [-0.05, 0) is 37.6 Å². The summed E-state index contributed by atoms with van der Waals surface area (Å²) in [6, 6.07) is 4.06. The molecule has 2 heterocycles. The molecule has 0 saturated heterocycles. The molecule has 1 unspecified atom stereocenters. The van der Waals surface area contributed by atoms with E-state index in [2.05, 4.69) is 0 Å². The van der Waals surface area contributed by atoms with Crippen molar-refractivity contribution in [1.82, 2.24) is 0 Å². The molecule has 1 saturated carbocycles. The minimum Gasteiger partial charge on any atom is -0.467 e. The van der Waals surface area contributed by atoms with Gasteiger partial charge in [0, 0.05) is 43.0 Å². The zero-order valence-electron chi connectivity index (χ0n) is 14.3. The first-order valence-electron chi connectivity index (χ1n) is 7.95. The fourth-order valence-electron chi connectivity index (χ4n) is 3.12. The van der Waals surface area contributed by atoms with Crippen LogP contribution in [0.4, 0.5) is 0 Å². The Morgan fingerprint density at radius 1 is 1.04 bits per heavy atom. The molecule has 2 aliphatic rings. The smallest absolute Gasteiger partial charge is 0.217 e. The van der Waals surface area contributed by atoms with E-state index < -0.39 is 6.10 Å². The van der Waals surface area contributed by atoms with Gasteiger partial charge in [0.2, 0.25) is 21.1 Å². The number of hydrogen-bond donors (Lipinski definition) is 1. The average molecular weight is 341 g/mol. The van der Waals surface area contributed by atoms with Gasteiger partial charge in [0.05, 0.1) is 11.5 Å². The number of aryl methyl sites for hydroxylation is 2. The van der Waals surface area contributed by atoms with E-state index in [9.17, 15) is 9.90 Å². The molecule has 124 valence electrons. The third-order valence-corrected chi connectivity index (χ3v) is 4.93. The minimum atomic E-state index is -0.813. The maximum absolute atomic E-state index is 12.4. The zero-order chi connectivity index (χ0) is 17.4. The molecule has 0 amide bonds. The van der Waals surface area contributed by atoms with Gasteiger partial charge in [0.15, 0.2) is 5.78 Å². The molecule has 0 radical (unpaired) electrons. The number of aliphatic hydroxyl groups excluding tert-OH is 1. The molecule has 1 aliphatic carbocycles. The summed E-state index contributed by atoms with van der Waals surface area (Å²) in [4.78, 5) is 14.8. The van der Waals surface area contributed by atoms with Crippen LogP contribution in [-0.2, 0) is 9.53 Å². The number of allylic oxidation sites excluding steroid dienone is 5. The summed E-state index contributed by atoms with van der Waals surface area (Å²) < 4.78 is 5.46. The Labute approximate surface area is 146 Å². The predicted molar refractivity (Wildman–Crippen MR) is 97.4 cm³/mol. The van der Waals surface area contributed by atoms with Crippen LogP contribution in [0.3, 0.4) is 0 Å². The summed E-state index contributed by atoms with van der Waals surface area (Å²) in [6.07, 6.45) is 6.68. The summed E-state index contributed by atoms with van der Waals surface area (Å²) in [5.74, 6) is 1.53. The van der Waals surface area contributed by atoms with Crippen molar-refractivity contribution in [2.24, 2.45) is 5.92 Å². The second-order valence-electron chi connectivity index (χ2n) is 6.30. The van der Waals surface area contributed by atoms with Crippen LogP contribution in [0.1, 0.15) is 29.2 Å². The molecule has 1 N–H and O–H groups in total. The van der Waals surface area contributed by atoms with Crippen LogP contribution < -0.4 is 0 Å². The fourth-order valence-corrected chi connectivity index (χ4v) is 4.02. The molecule has 1 aromatic heterocycles. The molecule has 1 atom stereocenters. The van der Waals surface area contributed by atoms with Gasteiger partial charge in [0.1, 0.15) is 6.10 Å². The first kappa shape index (κ1) is 16.8. The summed E-state index contributed by atoms with van der Waals surface area (Å²) in [6.45, 7) is 7.85. The number of rotatable bonds is 2. The maximum atomic E-state index is 12.4. The largest absolute Gasteiger partial charge is 0.467 e. The highest BCUT2D eigenvalue weighted by molar-refractivity contribution is 7.11. The number of ether oxygens (including phenoxy) is 1. The van der Waals surface area contributed by atoms with Gasteiger partial charge in [-0.25, -0.2) is 0 Å². The van der Waals surface area contributed by atoms with Gasteiger partial charge >= 0.3 is 0 Å². The third-order valence-electron chi connectivity index (χ3n) is 4.05. The molecule has 0 spiro atoms. The molecule has 0 aromatic carbocycles. The number of hydrogen-bond acceptors (Lipinski definition) is 3. The van der Waals surface area contributed by atoms with E-state index in [1.165, 1.54) is 9.75 Å². The maximum Gasteiger partial charge on any atom is 0.217 e. The Kier molecular flexibility index (Phi) is 4.52. The number of carbonyl (C=O) groups excluding carboxylic acids is 1. The Bertz CT molecular complexity index is 789. The van der Waals surface area contributed by atoms with Crippen LogP contribution in [-0.4, -0.2) is 17.0 Å². The molecule has 1 aromatic rings. The van der Waals surface area contributed by atoms with Gasteiger partial charge in [-0.1, -0.05) is 6.08 Å². The topological polar surface area (TPSA) is 46.5 Å². The first-order valence-corrected chi connectivity index (χ1v) is 8.77. The van der Waals surface area contributed by atoms with Gasteiger partial charge in [-0.2, -0.15) is 0 Å². The number of Topliss-reactive ketones (excluding diaryl/α,β-unsaturated/α-hetero) is 1. The van der Waals surface area contributed by atoms with Crippen molar-refractivity contribution in [3.63, 3.8) is 0 Å². The normalized spacial score (nSPS) is 24.5. The Hall–Kier alpha value is -2.04. The fraction of sp³-hybridized carbons (Fsp3) is 0.300. The summed E-state index contributed by atoms with van der Waals surface area (Å²) >= 11 is 1.71. The van der Waals surface area contributed by atoms with Crippen LogP contribution in [0, 0.1) is 19.8 Å². The van der Waals surface area contributed by atoms with E-state index in [-0.39, 0.29) is 11.7 Å². The molecular formula is C20H21O3S+. The van der Waals surface area contributed by atoms with E-state index in [4.69, 9.17) is 4.74 Å². The standard InChI is InChI=1S/C20H21O3S/c1-11-5-15(6-12(2)23-11)9-17-19(21)18(20(17)22)10-16-7-13(3)24-14(4)8-16/h5-10,15,19,21H,1-4H3/q+1. The second-order valence-corrected chi connectivity index (χ2v) is 7.79. The molecule has 4 heteroatoms. The van der Waals surface area contributed by atoms with Crippen molar-refractivity contribution >= 4 is 23.2 Å². The van der Waals surface area contributed by atoms with Crippen molar-refractivity contribution in [2.75, 3.05) is 0 Å². The van der Waals surface area contributed by atoms with Gasteiger partial charge in [-0.3, -0.25) is 4.79 Å². The van der Waals surface area contributed by atoms with Crippen LogP contribution in [0.25, 0.3) is 6.08 Å². The average Bonchev–Trinajstić information content (AvgIpc) is 2.48. The zero-order valence-corrected chi connectivity index (χ0v) is 15.1. The highest BCUT2D eigenvalue weighted by Crippen LogP contribution is 2.33. The van der Waals surface area contributed by atoms with Crippen molar-refractivity contribution in [3.8, 4) is 0 Å². The second kappa shape index (κ2) is 6.46. The summed E-state index contributed by atoms with van der Waals surface area (Å²) in [5.41, 5.74) is 1.89. The quantitative estimate of drug-likeness (QED) is 0.642. The molecule has 1 fully saturated rings. The van der Waals surface area contributed by atoms with E-state index in [1.807, 2.05) is 58.1 Å². The van der Waals surface area contributed by atoms with Crippen molar-refractivity contribution in [1.29, 1.82) is 0 Å². The highest BCUT2D eigenvalue weighted by atomic mass is 32.1. The third kappa shape index (κ3) is 3.40. The van der Waals surface area contributed by atoms with Crippen LogP contribution in [0.2, 0.25) is 0 Å². The summed E-state index contributed by atoms with van der Waals surface area (Å²) in [5, 5.41) is 10.4. The Balaban J connectivity index is 1.84. The van der Waals surface area contributed by atoms with Crippen molar-refractivity contribution in [3.05, 3.63) is 68.3 Å². The first-order chi connectivity index (χ1) is 11.3. The lowest BCUT2D eigenvalue weighted by molar-refractivity contribution is -0.117. The molecule has 1 aliphatic heterocycles. The van der Waals surface area contributed by atoms with E-state index in [1.54, 1.807) is 17.4 Å². The van der Waals surface area contributed by atoms with Gasteiger partial charge in [-0.15, -0.1) is 0 Å². The number of ketones is 1. The summed E-state index contributed by atoms with van der Waals surface area (Å²) in [7, 11) is 0. The van der Waals surface area contributed by atoms with Crippen LogP contribution in [0.15, 0.2) is 53.0 Å². The van der Waals surface area contributed by atoms with Crippen molar-refractivity contribution in [2.45, 2.75) is 33.8 Å².